The van der Waals surface area contributed by atoms with E-state index in [0.29, 0.717) is 16.4 Å². The van der Waals surface area contributed by atoms with E-state index in [9.17, 15) is 9.18 Å². The van der Waals surface area contributed by atoms with Gasteiger partial charge in [0, 0.05) is 10.6 Å². The Bertz CT molecular complexity index is 909. The summed E-state index contributed by atoms with van der Waals surface area (Å²) in [5.41, 5.74) is 3.72. The number of rotatable bonds is 5. The van der Waals surface area contributed by atoms with Gasteiger partial charge < -0.3 is 0 Å². The van der Waals surface area contributed by atoms with E-state index in [1.165, 1.54) is 30.5 Å². The van der Waals surface area contributed by atoms with Gasteiger partial charge in [-0.1, -0.05) is 23.7 Å². The number of carbonyl (C=O) groups excluding carboxylic acids is 1. The van der Waals surface area contributed by atoms with E-state index in [0.717, 1.165) is 10.4 Å². The van der Waals surface area contributed by atoms with Gasteiger partial charge in [-0.2, -0.15) is 9.90 Å². The van der Waals surface area contributed by atoms with Gasteiger partial charge in [-0.3, -0.25) is 4.79 Å². The van der Waals surface area contributed by atoms with Crippen LogP contribution in [-0.4, -0.2) is 32.3 Å². The van der Waals surface area contributed by atoms with Crippen LogP contribution in [0.15, 0.2) is 53.6 Å². The molecule has 0 saturated heterocycles. The Morgan fingerprint density at radius 2 is 2.08 bits per heavy atom. The lowest BCUT2D eigenvalue weighted by Crippen LogP contribution is -2.24. The first kappa shape index (κ1) is 16.7. The molecule has 0 aliphatic rings. The lowest BCUT2D eigenvalue weighted by Gasteiger charge is -1.98. The van der Waals surface area contributed by atoms with Crippen molar-refractivity contribution in [3.05, 3.63) is 64.9 Å². The van der Waals surface area contributed by atoms with Gasteiger partial charge in [0.15, 0.2) is 0 Å². The van der Waals surface area contributed by atoms with Gasteiger partial charge in [0.2, 0.25) is 5.82 Å². The minimum atomic E-state index is -0.415. The van der Waals surface area contributed by atoms with Crippen molar-refractivity contribution in [3.63, 3.8) is 0 Å². The zero-order valence-electron chi connectivity index (χ0n) is 12.8. The second kappa shape index (κ2) is 7.63. The van der Waals surface area contributed by atoms with Crippen molar-refractivity contribution >= 4 is 23.7 Å². The fourth-order valence-corrected chi connectivity index (χ4v) is 2.15. The van der Waals surface area contributed by atoms with Gasteiger partial charge in [-0.15, -0.1) is 10.2 Å². The maximum atomic E-state index is 12.9. The molecule has 9 heteroatoms. The number of aromatic nitrogens is 4. The third-order valence-electron chi connectivity index (χ3n) is 3.09. The number of tetrazole rings is 1. The largest absolute Gasteiger partial charge is 0.271 e. The van der Waals surface area contributed by atoms with Crippen molar-refractivity contribution in [1.82, 2.24) is 25.6 Å². The number of hydrogen-bond donors (Lipinski definition) is 1. The Hall–Kier alpha value is -3.13. The van der Waals surface area contributed by atoms with E-state index in [-0.39, 0.29) is 12.4 Å². The van der Waals surface area contributed by atoms with Crippen molar-refractivity contribution < 1.29 is 9.18 Å². The Balaban J connectivity index is 1.57. The van der Waals surface area contributed by atoms with Gasteiger partial charge in [0.25, 0.3) is 5.91 Å². The first-order valence-electron chi connectivity index (χ1n) is 7.21. The van der Waals surface area contributed by atoms with Crippen molar-refractivity contribution in [2.45, 2.75) is 6.54 Å². The zero-order chi connectivity index (χ0) is 17.6. The van der Waals surface area contributed by atoms with E-state index < -0.39 is 5.91 Å². The van der Waals surface area contributed by atoms with Gasteiger partial charge in [0.05, 0.1) is 6.21 Å². The molecule has 0 spiro atoms. The van der Waals surface area contributed by atoms with E-state index in [2.05, 4.69) is 25.9 Å². The molecule has 0 aliphatic heterocycles. The Morgan fingerprint density at radius 3 is 2.84 bits per heavy atom. The van der Waals surface area contributed by atoms with Gasteiger partial charge in [-0.25, -0.2) is 9.82 Å². The summed E-state index contributed by atoms with van der Waals surface area (Å²) < 4.78 is 12.9. The van der Waals surface area contributed by atoms with Crippen molar-refractivity contribution in [2.24, 2.45) is 5.10 Å². The molecule has 0 unspecified atom stereocenters. The molecule has 0 radical (unpaired) electrons. The maximum absolute atomic E-state index is 12.9. The molecule has 1 N–H and O–H groups in total. The molecule has 0 fully saturated rings. The number of carbonyl (C=O) groups is 1. The summed E-state index contributed by atoms with van der Waals surface area (Å²) >= 11 is 5.86. The SMILES string of the molecule is O=C(Cn1nnc(-c2ccc(F)cc2)n1)NN=Cc1cccc(Cl)c1. The summed E-state index contributed by atoms with van der Waals surface area (Å²) in [4.78, 5) is 13.0. The minimum Gasteiger partial charge on any atom is -0.271 e. The quantitative estimate of drug-likeness (QED) is 0.560. The minimum absolute atomic E-state index is 0.152. The van der Waals surface area contributed by atoms with Gasteiger partial charge in [0.1, 0.15) is 12.4 Å². The standard InChI is InChI=1S/C16H12ClFN6O/c17-13-3-1-2-11(8-13)9-19-20-15(25)10-24-22-16(21-23-24)12-4-6-14(18)7-5-12/h1-9H,10H2,(H,20,25). The average molecular weight is 359 g/mol. The molecule has 25 heavy (non-hydrogen) atoms. The second-order valence-electron chi connectivity index (χ2n) is 5.00. The number of hydrogen-bond acceptors (Lipinski definition) is 5. The topological polar surface area (TPSA) is 85.1 Å². The second-order valence-corrected chi connectivity index (χ2v) is 5.43. The highest BCUT2D eigenvalue weighted by molar-refractivity contribution is 6.30. The van der Waals surface area contributed by atoms with Crippen molar-refractivity contribution in [1.29, 1.82) is 0 Å². The molecule has 3 aromatic rings. The molecule has 0 saturated carbocycles. The molecule has 1 aromatic heterocycles. The van der Waals surface area contributed by atoms with Crippen LogP contribution in [0, 0.1) is 5.82 Å². The Labute approximate surface area is 147 Å². The van der Waals surface area contributed by atoms with Crippen LogP contribution in [0.25, 0.3) is 11.4 Å². The lowest BCUT2D eigenvalue weighted by atomic mass is 10.2. The summed E-state index contributed by atoms with van der Waals surface area (Å²) in [6, 6.07) is 12.7. The summed E-state index contributed by atoms with van der Waals surface area (Å²) in [5, 5.41) is 16.1. The average Bonchev–Trinajstić information content (AvgIpc) is 3.04. The summed E-state index contributed by atoms with van der Waals surface area (Å²) in [6.07, 6.45) is 1.47. The molecule has 7 nitrogen and oxygen atoms in total. The van der Waals surface area contributed by atoms with Crippen LogP contribution in [0.3, 0.4) is 0 Å². The number of hydrazone groups is 1. The highest BCUT2D eigenvalue weighted by Gasteiger charge is 2.09. The first-order valence-corrected chi connectivity index (χ1v) is 7.59. The van der Waals surface area contributed by atoms with E-state index in [4.69, 9.17) is 11.6 Å². The van der Waals surface area contributed by atoms with Crippen LogP contribution >= 0.6 is 11.6 Å². The van der Waals surface area contributed by atoms with E-state index >= 15 is 0 Å². The van der Waals surface area contributed by atoms with Crippen LogP contribution in [-0.2, 0) is 11.3 Å². The van der Waals surface area contributed by atoms with Crippen LogP contribution in [0.4, 0.5) is 4.39 Å². The first-order chi connectivity index (χ1) is 12.1. The third kappa shape index (κ3) is 4.67. The Kier molecular flexibility index (Phi) is 5.10. The number of nitrogens with zero attached hydrogens (tertiary/aromatic N) is 5. The normalized spacial score (nSPS) is 11.0. The highest BCUT2D eigenvalue weighted by Crippen LogP contribution is 2.13. The fraction of sp³-hybridized carbons (Fsp3) is 0.0625. The van der Waals surface area contributed by atoms with Crippen LogP contribution in [0.2, 0.25) is 5.02 Å². The third-order valence-corrected chi connectivity index (χ3v) is 3.33. The summed E-state index contributed by atoms with van der Waals surface area (Å²) in [5.74, 6) is -0.468. The highest BCUT2D eigenvalue weighted by atomic mass is 35.5. The molecular weight excluding hydrogens is 347 g/mol. The predicted octanol–water partition coefficient (Wildman–Crippen LogP) is 2.28. The molecule has 0 aliphatic carbocycles. The lowest BCUT2D eigenvalue weighted by molar-refractivity contribution is -0.122. The summed E-state index contributed by atoms with van der Waals surface area (Å²) in [7, 11) is 0. The zero-order valence-corrected chi connectivity index (χ0v) is 13.6. The van der Waals surface area contributed by atoms with Crippen LogP contribution in [0.1, 0.15) is 5.56 Å². The molecule has 126 valence electrons. The molecule has 3 rings (SSSR count). The maximum Gasteiger partial charge on any atom is 0.263 e. The monoisotopic (exact) mass is 358 g/mol. The van der Waals surface area contributed by atoms with Crippen molar-refractivity contribution in [2.75, 3.05) is 0 Å². The summed E-state index contributed by atoms with van der Waals surface area (Å²) in [6.45, 7) is -0.152. The smallest absolute Gasteiger partial charge is 0.263 e. The molecule has 1 heterocycles. The number of benzene rings is 2. The van der Waals surface area contributed by atoms with Crippen LogP contribution < -0.4 is 5.43 Å². The molecule has 0 bridgehead atoms. The van der Waals surface area contributed by atoms with E-state index in [1.54, 1.807) is 24.3 Å². The number of nitrogens with one attached hydrogen (secondary N) is 1. The Morgan fingerprint density at radius 1 is 1.28 bits per heavy atom. The molecule has 0 atom stereocenters. The number of halogens is 2. The molecule has 1 amide bonds. The van der Waals surface area contributed by atoms with Gasteiger partial charge in [-0.05, 0) is 47.2 Å². The van der Waals surface area contributed by atoms with E-state index in [1.807, 2.05) is 0 Å². The number of amides is 1. The van der Waals surface area contributed by atoms with Crippen molar-refractivity contribution in [3.8, 4) is 11.4 Å². The van der Waals surface area contributed by atoms with Gasteiger partial charge >= 0.3 is 0 Å². The fourth-order valence-electron chi connectivity index (χ4n) is 1.95. The molecule has 2 aromatic carbocycles. The van der Waals surface area contributed by atoms with Crippen LogP contribution in [0.5, 0.6) is 0 Å². The molecular formula is C16H12ClFN6O. The predicted molar refractivity (Wildman–Crippen MR) is 90.4 cm³/mol.